The maximum Gasteiger partial charge on any atom is 0.325 e. The molecule has 0 aliphatic carbocycles. The summed E-state index contributed by atoms with van der Waals surface area (Å²) in [5.41, 5.74) is 1.16. The van der Waals surface area contributed by atoms with E-state index >= 15 is 0 Å². The molecule has 0 heterocycles. The Morgan fingerprint density at radius 2 is 1.76 bits per heavy atom. The van der Waals surface area contributed by atoms with E-state index in [1.807, 2.05) is 0 Å². The first kappa shape index (κ1) is 18.8. The predicted molar refractivity (Wildman–Crippen MR) is 95.8 cm³/mol. The SMILES string of the molecule is COc1ccc(COC(=O)CNC(=O)c2ccccc2OC)cc1Br. The van der Waals surface area contributed by atoms with Gasteiger partial charge in [-0.3, -0.25) is 9.59 Å². The van der Waals surface area contributed by atoms with E-state index in [-0.39, 0.29) is 13.2 Å². The number of nitrogens with one attached hydrogen (secondary N) is 1. The van der Waals surface area contributed by atoms with Gasteiger partial charge in [0.2, 0.25) is 0 Å². The number of amides is 1. The lowest BCUT2D eigenvalue weighted by atomic mass is 10.2. The average molecular weight is 408 g/mol. The van der Waals surface area contributed by atoms with Gasteiger partial charge in [0.1, 0.15) is 24.7 Å². The largest absolute Gasteiger partial charge is 0.496 e. The second kappa shape index (κ2) is 9.08. The van der Waals surface area contributed by atoms with Crippen LogP contribution in [0, 0.1) is 0 Å². The highest BCUT2D eigenvalue weighted by Crippen LogP contribution is 2.25. The standard InChI is InChI=1S/C18H18BrNO5/c1-23-15-6-4-3-5-13(15)18(22)20-10-17(21)25-11-12-7-8-16(24-2)14(19)9-12/h3-9H,10-11H2,1-2H3,(H,20,22). The van der Waals surface area contributed by atoms with Gasteiger partial charge in [0, 0.05) is 0 Å². The van der Waals surface area contributed by atoms with Crippen molar-refractivity contribution in [2.45, 2.75) is 6.61 Å². The predicted octanol–water partition coefficient (Wildman–Crippen LogP) is 2.94. The summed E-state index contributed by atoms with van der Waals surface area (Å²) in [4.78, 5) is 23.9. The molecule has 6 nitrogen and oxygen atoms in total. The van der Waals surface area contributed by atoms with Crippen molar-refractivity contribution in [2.75, 3.05) is 20.8 Å². The zero-order chi connectivity index (χ0) is 18.2. The minimum Gasteiger partial charge on any atom is -0.496 e. The quantitative estimate of drug-likeness (QED) is 0.714. The molecular formula is C18H18BrNO5. The van der Waals surface area contributed by atoms with Crippen molar-refractivity contribution >= 4 is 27.8 Å². The van der Waals surface area contributed by atoms with Gasteiger partial charge in [0.15, 0.2) is 0 Å². The average Bonchev–Trinajstić information content (AvgIpc) is 2.64. The van der Waals surface area contributed by atoms with Gasteiger partial charge in [-0.1, -0.05) is 18.2 Å². The fourth-order valence-electron chi connectivity index (χ4n) is 2.09. The fourth-order valence-corrected chi connectivity index (χ4v) is 2.68. The summed E-state index contributed by atoms with van der Waals surface area (Å²) in [6, 6.07) is 12.2. The molecule has 0 unspecified atom stereocenters. The van der Waals surface area contributed by atoms with Crippen LogP contribution in [0.2, 0.25) is 0 Å². The third-order valence-electron chi connectivity index (χ3n) is 3.36. The zero-order valence-electron chi connectivity index (χ0n) is 13.9. The molecule has 0 atom stereocenters. The van der Waals surface area contributed by atoms with Crippen molar-refractivity contribution in [1.29, 1.82) is 0 Å². The number of carbonyl (C=O) groups is 2. The highest BCUT2D eigenvalue weighted by molar-refractivity contribution is 9.10. The molecular weight excluding hydrogens is 390 g/mol. The van der Waals surface area contributed by atoms with Crippen LogP contribution >= 0.6 is 15.9 Å². The van der Waals surface area contributed by atoms with Crippen LogP contribution in [-0.2, 0) is 16.1 Å². The van der Waals surface area contributed by atoms with Gasteiger partial charge in [-0.15, -0.1) is 0 Å². The second-order valence-corrected chi connectivity index (χ2v) is 5.87. The Labute approximate surface area is 154 Å². The molecule has 0 aliphatic rings. The normalized spacial score (nSPS) is 10.0. The van der Waals surface area contributed by atoms with Crippen molar-refractivity contribution in [3.8, 4) is 11.5 Å². The van der Waals surface area contributed by atoms with Crippen LogP contribution in [0.1, 0.15) is 15.9 Å². The molecule has 0 fully saturated rings. The van der Waals surface area contributed by atoms with Gasteiger partial charge in [-0.25, -0.2) is 0 Å². The highest BCUT2D eigenvalue weighted by atomic mass is 79.9. The van der Waals surface area contributed by atoms with Gasteiger partial charge < -0.3 is 19.5 Å². The van der Waals surface area contributed by atoms with Crippen LogP contribution in [0.4, 0.5) is 0 Å². The molecule has 0 aromatic heterocycles. The topological polar surface area (TPSA) is 73.9 Å². The second-order valence-electron chi connectivity index (χ2n) is 5.01. The summed E-state index contributed by atoms with van der Waals surface area (Å²) >= 11 is 3.37. The summed E-state index contributed by atoms with van der Waals surface area (Å²) in [6.07, 6.45) is 0. The first-order valence-corrected chi connectivity index (χ1v) is 8.23. The summed E-state index contributed by atoms with van der Waals surface area (Å²) < 4.78 is 16.2. The highest BCUT2D eigenvalue weighted by Gasteiger charge is 2.13. The van der Waals surface area contributed by atoms with Gasteiger partial charge in [0.05, 0.1) is 24.3 Å². The third-order valence-corrected chi connectivity index (χ3v) is 3.98. The van der Waals surface area contributed by atoms with Crippen LogP contribution in [0.15, 0.2) is 46.9 Å². The van der Waals surface area contributed by atoms with Crippen molar-refractivity contribution in [2.24, 2.45) is 0 Å². The van der Waals surface area contributed by atoms with Crippen molar-refractivity contribution in [1.82, 2.24) is 5.32 Å². The fraction of sp³-hybridized carbons (Fsp3) is 0.222. The number of methoxy groups -OCH3 is 2. The number of hydrogen-bond acceptors (Lipinski definition) is 5. The van der Waals surface area contributed by atoms with E-state index < -0.39 is 11.9 Å². The smallest absolute Gasteiger partial charge is 0.325 e. The first-order valence-electron chi connectivity index (χ1n) is 7.44. The van der Waals surface area contributed by atoms with E-state index in [1.54, 1.807) is 49.6 Å². The lowest BCUT2D eigenvalue weighted by Gasteiger charge is -2.10. The Bertz CT molecular complexity index is 763. The number of hydrogen-bond donors (Lipinski definition) is 1. The van der Waals surface area contributed by atoms with Crippen LogP contribution in [0.3, 0.4) is 0 Å². The van der Waals surface area contributed by atoms with Crippen molar-refractivity contribution < 1.29 is 23.8 Å². The molecule has 1 N–H and O–H groups in total. The van der Waals surface area contributed by atoms with E-state index in [0.29, 0.717) is 17.1 Å². The minimum absolute atomic E-state index is 0.103. The molecule has 0 bridgehead atoms. The number of para-hydroxylation sites is 1. The third kappa shape index (κ3) is 5.22. The molecule has 0 saturated heterocycles. The Hall–Kier alpha value is -2.54. The molecule has 1 amide bonds. The Kier molecular flexibility index (Phi) is 6.82. The van der Waals surface area contributed by atoms with Gasteiger partial charge in [-0.2, -0.15) is 0 Å². The van der Waals surface area contributed by atoms with E-state index in [9.17, 15) is 9.59 Å². The molecule has 0 spiro atoms. The molecule has 2 aromatic rings. The lowest BCUT2D eigenvalue weighted by molar-refractivity contribution is -0.143. The van der Waals surface area contributed by atoms with E-state index in [2.05, 4.69) is 21.2 Å². The van der Waals surface area contributed by atoms with Crippen LogP contribution in [0.5, 0.6) is 11.5 Å². The van der Waals surface area contributed by atoms with Crippen LogP contribution in [-0.4, -0.2) is 32.6 Å². The Morgan fingerprint density at radius 3 is 2.44 bits per heavy atom. The van der Waals surface area contributed by atoms with Gasteiger partial charge in [-0.05, 0) is 45.8 Å². The van der Waals surface area contributed by atoms with E-state index in [4.69, 9.17) is 14.2 Å². The van der Waals surface area contributed by atoms with Crippen molar-refractivity contribution in [3.63, 3.8) is 0 Å². The van der Waals surface area contributed by atoms with E-state index in [0.717, 1.165) is 10.0 Å². The Balaban J connectivity index is 1.84. The number of ether oxygens (including phenoxy) is 3. The molecule has 0 saturated carbocycles. The number of esters is 1. The van der Waals surface area contributed by atoms with Crippen LogP contribution < -0.4 is 14.8 Å². The number of carbonyl (C=O) groups excluding carboxylic acids is 2. The molecule has 7 heteroatoms. The maximum absolute atomic E-state index is 12.1. The molecule has 0 radical (unpaired) electrons. The first-order chi connectivity index (χ1) is 12.0. The van der Waals surface area contributed by atoms with E-state index in [1.165, 1.54) is 7.11 Å². The molecule has 2 rings (SSSR count). The monoisotopic (exact) mass is 407 g/mol. The zero-order valence-corrected chi connectivity index (χ0v) is 15.5. The minimum atomic E-state index is -0.532. The number of rotatable bonds is 7. The van der Waals surface area contributed by atoms with Gasteiger partial charge in [0.25, 0.3) is 5.91 Å². The maximum atomic E-state index is 12.1. The number of halogens is 1. The van der Waals surface area contributed by atoms with Crippen LogP contribution in [0.25, 0.3) is 0 Å². The Morgan fingerprint density at radius 1 is 1.04 bits per heavy atom. The molecule has 132 valence electrons. The molecule has 0 aliphatic heterocycles. The number of benzene rings is 2. The summed E-state index contributed by atoms with van der Waals surface area (Å²) in [5.74, 6) is 0.201. The van der Waals surface area contributed by atoms with Crippen molar-refractivity contribution in [3.05, 3.63) is 58.1 Å². The molecule has 2 aromatic carbocycles. The van der Waals surface area contributed by atoms with Gasteiger partial charge >= 0.3 is 5.97 Å². The summed E-state index contributed by atoms with van der Waals surface area (Å²) in [7, 11) is 3.05. The molecule has 25 heavy (non-hydrogen) atoms. The lowest BCUT2D eigenvalue weighted by Crippen LogP contribution is -2.30. The summed E-state index contributed by atoms with van der Waals surface area (Å²) in [6.45, 7) is -0.125. The summed E-state index contributed by atoms with van der Waals surface area (Å²) in [5, 5.41) is 2.52.